The van der Waals surface area contributed by atoms with Crippen molar-refractivity contribution in [3.63, 3.8) is 0 Å². The number of carboxylic acids is 1. The van der Waals surface area contributed by atoms with E-state index in [0.29, 0.717) is 13.0 Å². The third-order valence-electron chi connectivity index (χ3n) is 3.11. The quantitative estimate of drug-likeness (QED) is 0.848. The van der Waals surface area contributed by atoms with Crippen molar-refractivity contribution in [2.24, 2.45) is 5.92 Å². The van der Waals surface area contributed by atoms with Gasteiger partial charge in [0.1, 0.15) is 0 Å². The van der Waals surface area contributed by atoms with E-state index in [9.17, 15) is 9.59 Å². The molecule has 6 heteroatoms. The summed E-state index contributed by atoms with van der Waals surface area (Å²) < 4.78 is 0. The van der Waals surface area contributed by atoms with Crippen molar-refractivity contribution < 1.29 is 14.7 Å². The van der Waals surface area contributed by atoms with Gasteiger partial charge in [-0.3, -0.25) is 4.79 Å². The zero-order valence-corrected chi connectivity index (χ0v) is 10.2. The van der Waals surface area contributed by atoms with Crippen molar-refractivity contribution in [3.8, 4) is 0 Å². The summed E-state index contributed by atoms with van der Waals surface area (Å²) in [5.41, 5.74) is 0.756. The molecule has 1 aliphatic rings. The van der Waals surface area contributed by atoms with Gasteiger partial charge in [-0.25, -0.2) is 4.79 Å². The highest BCUT2D eigenvalue weighted by molar-refractivity contribution is 7.08. The summed E-state index contributed by atoms with van der Waals surface area (Å²) in [7, 11) is 0. The predicted molar refractivity (Wildman–Crippen MR) is 65.2 cm³/mol. The van der Waals surface area contributed by atoms with Gasteiger partial charge in [0.05, 0.1) is 11.6 Å². The second kappa shape index (κ2) is 4.75. The molecule has 2 amide bonds. The van der Waals surface area contributed by atoms with E-state index in [0.717, 1.165) is 5.69 Å². The van der Waals surface area contributed by atoms with Gasteiger partial charge in [-0.1, -0.05) is 0 Å². The van der Waals surface area contributed by atoms with Crippen LogP contribution in [-0.4, -0.2) is 34.6 Å². The number of hydrogen-bond acceptors (Lipinski definition) is 3. The van der Waals surface area contributed by atoms with Crippen LogP contribution in [0.25, 0.3) is 0 Å². The largest absolute Gasteiger partial charge is 0.481 e. The second-order valence-electron chi connectivity index (χ2n) is 4.11. The molecule has 1 aromatic rings. The number of urea groups is 1. The molecule has 0 saturated carbocycles. The van der Waals surface area contributed by atoms with Crippen LogP contribution in [-0.2, 0) is 4.79 Å². The van der Waals surface area contributed by atoms with Crippen molar-refractivity contribution in [1.82, 2.24) is 4.90 Å². The fourth-order valence-corrected chi connectivity index (χ4v) is 2.68. The molecule has 2 unspecified atom stereocenters. The van der Waals surface area contributed by atoms with Gasteiger partial charge in [-0.2, -0.15) is 11.3 Å². The van der Waals surface area contributed by atoms with E-state index in [1.807, 2.05) is 16.8 Å². The van der Waals surface area contributed by atoms with Crippen LogP contribution < -0.4 is 5.32 Å². The number of aliphatic carboxylic acids is 1. The van der Waals surface area contributed by atoms with Crippen molar-refractivity contribution >= 4 is 29.0 Å². The SMILES string of the molecule is CC1C(C(=O)O)CCN1C(=O)Nc1ccsc1. The summed E-state index contributed by atoms with van der Waals surface area (Å²) in [6.45, 7) is 2.27. The molecular weight excluding hydrogens is 240 g/mol. The molecule has 0 bridgehead atoms. The average molecular weight is 254 g/mol. The Bertz CT molecular complexity index is 418. The molecule has 17 heavy (non-hydrogen) atoms. The minimum absolute atomic E-state index is 0.223. The summed E-state index contributed by atoms with van der Waals surface area (Å²) in [4.78, 5) is 24.4. The minimum atomic E-state index is -0.830. The molecule has 2 rings (SSSR count). The molecule has 2 heterocycles. The molecule has 1 saturated heterocycles. The van der Waals surface area contributed by atoms with E-state index in [2.05, 4.69) is 5.32 Å². The minimum Gasteiger partial charge on any atom is -0.481 e. The Morgan fingerprint density at radius 3 is 2.88 bits per heavy atom. The monoisotopic (exact) mass is 254 g/mol. The summed E-state index contributed by atoms with van der Waals surface area (Å²) >= 11 is 1.50. The molecule has 5 nitrogen and oxygen atoms in total. The third kappa shape index (κ3) is 2.41. The number of anilines is 1. The van der Waals surface area contributed by atoms with Crippen LogP contribution in [0.5, 0.6) is 0 Å². The van der Waals surface area contributed by atoms with Gasteiger partial charge in [0, 0.05) is 18.0 Å². The maximum Gasteiger partial charge on any atom is 0.322 e. The van der Waals surface area contributed by atoms with Gasteiger partial charge < -0.3 is 15.3 Å². The van der Waals surface area contributed by atoms with Crippen molar-refractivity contribution in [1.29, 1.82) is 0 Å². The molecule has 2 atom stereocenters. The number of rotatable bonds is 2. The van der Waals surface area contributed by atoms with Gasteiger partial charge in [-0.05, 0) is 24.8 Å². The molecule has 0 aromatic carbocycles. The summed E-state index contributed by atoms with van der Waals surface area (Å²) in [6.07, 6.45) is 0.521. The molecular formula is C11H14N2O3S. The van der Waals surface area contributed by atoms with Crippen LogP contribution >= 0.6 is 11.3 Å². The first-order valence-electron chi connectivity index (χ1n) is 5.42. The zero-order chi connectivity index (χ0) is 12.4. The number of carbonyl (C=O) groups is 2. The van der Waals surface area contributed by atoms with E-state index in [1.54, 1.807) is 11.8 Å². The summed E-state index contributed by atoms with van der Waals surface area (Å²) in [5.74, 6) is -1.29. The Morgan fingerprint density at radius 2 is 2.35 bits per heavy atom. The summed E-state index contributed by atoms with van der Waals surface area (Å²) in [6, 6.07) is 1.34. The Labute approximate surface area is 103 Å². The third-order valence-corrected chi connectivity index (χ3v) is 3.79. The average Bonchev–Trinajstić information content (AvgIpc) is 2.86. The van der Waals surface area contributed by atoms with Gasteiger partial charge >= 0.3 is 12.0 Å². The molecule has 92 valence electrons. The lowest BCUT2D eigenvalue weighted by Gasteiger charge is -2.23. The highest BCUT2D eigenvalue weighted by Crippen LogP contribution is 2.25. The first kappa shape index (κ1) is 11.9. The summed E-state index contributed by atoms with van der Waals surface area (Å²) in [5, 5.41) is 15.5. The van der Waals surface area contributed by atoms with E-state index in [1.165, 1.54) is 11.3 Å². The molecule has 2 N–H and O–H groups in total. The Balaban J connectivity index is 1.99. The van der Waals surface area contributed by atoms with Crippen LogP contribution in [0, 0.1) is 5.92 Å². The lowest BCUT2D eigenvalue weighted by molar-refractivity contribution is -0.142. The molecule has 0 radical (unpaired) electrons. The highest BCUT2D eigenvalue weighted by atomic mass is 32.1. The molecule has 0 spiro atoms. The normalized spacial score (nSPS) is 23.7. The first-order valence-corrected chi connectivity index (χ1v) is 6.36. The Morgan fingerprint density at radius 1 is 1.59 bits per heavy atom. The van der Waals surface area contributed by atoms with Gasteiger partial charge in [-0.15, -0.1) is 0 Å². The van der Waals surface area contributed by atoms with E-state index < -0.39 is 11.9 Å². The number of thiophene rings is 1. The van der Waals surface area contributed by atoms with Crippen LogP contribution in [0.3, 0.4) is 0 Å². The Hall–Kier alpha value is -1.56. The van der Waals surface area contributed by atoms with Crippen LogP contribution in [0.15, 0.2) is 16.8 Å². The first-order chi connectivity index (χ1) is 8.09. The molecule has 1 fully saturated rings. The Kier molecular flexibility index (Phi) is 3.33. The van der Waals surface area contributed by atoms with Crippen LogP contribution in [0.2, 0.25) is 0 Å². The number of likely N-dealkylation sites (tertiary alicyclic amines) is 1. The number of carboxylic acid groups (broad SMARTS) is 1. The topological polar surface area (TPSA) is 69.6 Å². The number of nitrogens with zero attached hydrogens (tertiary/aromatic N) is 1. The maximum atomic E-state index is 11.9. The van der Waals surface area contributed by atoms with Gasteiger partial charge in [0.15, 0.2) is 0 Å². The fraction of sp³-hybridized carbons (Fsp3) is 0.455. The van der Waals surface area contributed by atoms with Crippen molar-refractivity contribution in [3.05, 3.63) is 16.8 Å². The number of nitrogens with one attached hydrogen (secondary N) is 1. The predicted octanol–water partition coefficient (Wildman–Crippen LogP) is 2.08. The smallest absolute Gasteiger partial charge is 0.322 e. The molecule has 1 aliphatic heterocycles. The lowest BCUT2D eigenvalue weighted by atomic mass is 10.0. The van der Waals surface area contributed by atoms with Crippen molar-refractivity contribution in [2.45, 2.75) is 19.4 Å². The highest BCUT2D eigenvalue weighted by Gasteiger charge is 2.38. The number of hydrogen-bond donors (Lipinski definition) is 2. The van der Waals surface area contributed by atoms with Gasteiger partial charge in [0.25, 0.3) is 0 Å². The number of carbonyl (C=O) groups excluding carboxylic acids is 1. The number of amides is 2. The van der Waals surface area contributed by atoms with Crippen LogP contribution in [0.4, 0.5) is 10.5 Å². The zero-order valence-electron chi connectivity index (χ0n) is 9.42. The van der Waals surface area contributed by atoms with Crippen molar-refractivity contribution in [2.75, 3.05) is 11.9 Å². The maximum absolute atomic E-state index is 11.9. The van der Waals surface area contributed by atoms with E-state index in [-0.39, 0.29) is 12.1 Å². The van der Waals surface area contributed by atoms with E-state index >= 15 is 0 Å². The van der Waals surface area contributed by atoms with E-state index in [4.69, 9.17) is 5.11 Å². The fourth-order valence-electron chi connectivity index (χ4n) is 2.09. The standard InChI is InChI=1S/C11H14N2O3S/c1-7-9(10(14)15)2-4-13(7)11(16)12-8-3-5-17-6-8/h3,5-7,9H,2,4H2,1H3,(H,12,16)(H,14,15). The van der Waals surface area contributed by atoms with Gasteiger partial charge in [0.2, 0.25) is 0 Å². The second-order valence-corrected chi connectivity index (χ2v) is 4.89. The van der Waals surface area contributed by atoms with Crippen LogP contribution in [0.1, 0.15) is 13.3 Å². The molecule has 1 aromatic heterocycles. The molecule has 0 aliphatic carbocycles. The lowest BCUT2D eigenvalue weighted by Crippen LogP contribution is -2.40.